The number of carbonyl (C=O) groups is 3. The molecule has 1 aliphatic heterocycles. The predicted octanol–water partition coefficient (Wildman–Crippen LogP) is 4.83. The zero-order chi connectivity index (χ0) is 25.3. The number of nitro benzene ring substituents is 1. The Bertz CT molecular complexity index is 1380. The number of benzene rings is 3. The largest absolute Gasteiger partial charge is 0.507 e. The summed E-state index contributed by atoms with van der Waals surface area (Å²) in [5, 5.41) is 25.9. The second kappa shape index (κ2) is 9.40. The Morgan fingerprint density at radius 3 is 2.26 bits per heavy atom. The first kappa shape index (κ1) is 23.7. The van der Waals surface area contributed by atoms with Crippen molar-refractivity contribution in [2.45, 2.75) is 13.0 Å². The van der Waals surface area contributed by atoms with E-state index in [1.165, 1.54) is 73.7 Å². The first-order valence-corrected chi connectivity index (χ1v) is 10.7. The topological polar surface area (TPSA) is 130 Å². The highest BCUT2D eigenvalue weighted by atomic mass is 35.5. The number of amides is 2. The number of rotatable bonds is 5. The number of aliphatic hydroxyl groups is 1. The van der Waals surface area contributed by atoms with Gasteiger partial charge in [-0.1, -0.05) is 23.7 Å². The van der Waals surface area contributed by atoms with Crippen LogP contribution in [0.2, 0.25) is 5.02 Å². The number of aliphatic hydroxyl groups excluding tert-OH is 1. The molecule has 0 spiro atoms. The van der Waals surface area contributed by atoms with Crippen molar-refractivity contribution >= 4 is 52.0 Å². The van der Waals surface area contributed by atoms with Gasteiger partial charge in [0.05, 0.1) is 16.1 Å². The maximum atomic E-state index is 13.2. The van der Waals surface area contributed by atoms with Gasteiger partial charge < -0.3 is 10.4 Å². The van der Waals surface area contributed by atoms with Crippen LogP contribution >= 0.6 is 11.6 Å². The highest BCUT2D eigenvalue weighted by Gasteiger charge is 2.48. The lowest BCUT2D eigenvalue weighted by Gasteiger charge is -2.25. The zero-order valence-corrected chi connectivity index (χ0v) is 19.0. The van der Waals surface area contributed by atoms with Gasteiger partial charge in [0.15, 0.2) is 0 Å². The van der Waals surface area contributed by atoms with Gasteiger partial charge in [-0.05, 0) is 54.6 Å². The van der Waals surface area contributed by atoms with Crippen molar-refractivity contribution in [3.63, 3.8) is 0 Å². The quantitative estimate of drug-likeness (QED) is 0.173. The van der Waals surface area contributed by atoms with Crippen molar-refractivity contribution in [1.82, 2.24) is 0 Å². The first-order chi connectivity index (χ1) is 16.7. The first-order valence-electron chi connectivity index (χ1n) is 10.4. The molecule has 176 valence electrons. The summed E-state index contributed by atoms with van der Waals surface area (Å²) in [7, 11) is 0. The molecule has 0 saturated carbocycles. The van der Waals surface area contributed by atoms with Crippen LogP contribution in [-0.2, 0) is 14.4 Å². The van der Waals surface area contributed by atoms with Crippen LogP contribution in [-0.4, -0.2) is 27.6 Å². The smallest absolute Gasteiger partial charge is 0.300 e. The molecule has 1 atom stereocenters. The van der Waals surface area contributed by atoms with E-state index in [-0.39, 0.29) is 34.0 Å². The molecule has 2 amide bonds. The lowest BCUT2D eigenvalue weighted by Crippen LogP contribution is -2.29. The number of hydrogen-bond donors (Lipinski definition) is 2. The van der Waals surface area contributed by atoms with Gasteiger partial charge >= 0.3 is 0 Å². The Kier molecular flexibility index (Phi) is 6.35. The van der Waals surface area contributed by atoms with Gasteiger partial charge in [0, 0.05) is 35.0 Å². The van der Waals surface area contributed by atoms with Crippen molar-refractivity contribution in [3.05, 3.63) is 105 Å². The fraction of sp³-hybridized carbons (Fsp3) is 0.0800. The van der Waals surface area contributed by atoms with Crippen molar-refractivity contribution in [2.24, 2.45) is 0 Å². The van der Waals surface area contributed by atoms with Crippen LogP contribution in [0.1, 0.15) is 24.1 Å². The van der Waals surface area contributed by atoms with E-state index in [2.05, 4.69) is 5.32 Å². The van der Waals surface area contributed by atoms with Crippen molar-refractivity contribution < 1.29 is 24.4 Å². The number of ketones is 1. The van der Waals surface area contributed by atoms with Crippen LogP contribution in [0.4, 0.5) is 17.1 Å². The molecule has 3 aromatic carbocycles. The summed E-state index contributed by atoms with van der Waals surface area (Å²) in [5.74, 6) is -2.73. The lowest BCUT2D eigenvalue weighted by atomic mass is 9.94. The monoisotopic (exact) mass is 491 g/mol. The molecule has 1 heterocycles. The maximum absolute atomic E-state index is 13.2. The second-order valence-corrected chi connectivity index (χ2v) is 8.16. The summed E-state index contributed by atoms with van der Waals surface area (Å²) < 4.78 is 0. The van der Waals surface area contributed by atoms with Crippen molar-refractivity contribution in [3.8, 4) is 0 Å². The number of nitrogens with one attached hydrogen (secondary N) is 1. The van der Waals surface area contributed by atoms with Crippen LogP contribution < -0.4 is 10.2 Å². The van der Waals surface area contributed by atoms with E-state index < -0.39 is 28.4 Å². The second-order valence-electron chi connectivity index (χ2n) is 7.72. The molecular formula is C25H18ClN3O6. The SMILES string of the molecule is CC(=O)Nc1ccc(N2C(=O)C(=O)/C(=C(/O)c3ccc(Cl)cc3)[C@H]2c2ccccc2[N+](=O)[O-])cc1. The molecule has 10 heteroatoms. The molecule has 0 bridgehead atoms. The molecule has 0 unspecified atom stereocenters. The number of anilines is 2. The van der Waals surface area contributed by atoms with E-state index in [9.17, 15) is 29.6 Å². The Morgan fingerprint density at radius 1 is 1.03 bits per heavy atom. The number of nitrogens with zero attached hydrogens (tertiary/aromatic N) is 2. The van der Waals surface area contributed by atoms with Gasteiger partial charge in [-0.25, -0.2) is 0 Å². The van der Waals surface area contributed by atoms with Gasteiger partial charge in [0.2, 0.25) is 5.91 Å². The van der Waals surface area contributed by atoms with Gasteiger partial charge in [0.1, 0.15) is 11.8 Å². The molecule has 3 aromatic rings. The van der Waals surface area contributed by atoms with Crippen LogP contribution in [0, 0.1) is 10.1 Å². The standard InChI is InChI=1S/C25H18ClN3O6/c1-14(30)27-17-10-12-18(13-11-17)28-22(19-4-2-3-5-20(19)29(34)35)21(24(32)25(28)33)23(31)15-6-8-16(26)9-7-15/h2-13,22,31H,1H3,(H,27,30)/b23-21+/t22-/m1/s1. The third kappa shape index (κ3) is 4.49. The Balaban J connectivity index is 1.94. The van der Waals surface area contributed by atoms with Crippen molar-refractivity contribution in [2.75, 3.05) is 10.2 Å². The summed E-state index contributed by atoms with van der Waals surface area (Å²) in [5.41, 5.74) is 0.370. The molecule has 9 nitrogen and oxygen atoms in total. The molecule has 2 N–H and O–H groups in total. The number of nitro groups is 1. The van der Waals surface area contributed by atoms with E-state index in [0.717, 1.165) is 4.90 Å². The summed E-state index contributed by atoms with van der Waals surface area (Å²) in [4.78, 5) is 50.0. The zero-order valence-electron chi connectivity index (χ0n) is 18.3. The minimum Gasteiger partial charge on any atom is -0.507 e. The molecule has 35 heavy (non-hydrogen) atoms. The highest BCUT2D eigenvalue weighted by molar-refractivity contribution is 6.51. The maximum Gasteiger partial charge on any atom is 0.300 e. The number of hydrogen-bond acceptors (Lipinski definition) is 6. The minimum absolute atomic E-state index is 0.0538. The Morgan fingerprint density at radius 2 is 1.66 bits per heavy atom. The average molecular weight is 492 g/mol. The molecule has 1 aliphatic rings. The lowest BCUT2D eigenvalue weighted by molar-refractivity contribution is -0.385. The third-order valence-electron chi connectivity index (χ3n) is 5.46. The summed E-state index contributed by atoms with van der Waals surface area (Å²) in [6, 6.07) is 16.5. The number of para-hydroxylation sites is 1. The van der Waals surface area contributed by atoms with Crippen LogP contribution in [0.5, 0.6) is 0 Å². The number of carbonyl (C=O) groups excluding carboxylic acids is 3. The summed E-state index contributed by atoms with van der Waals surface area (Å²) >= 11 is 5.93. The van der Waals surface area contributed by atoms with Crippen LogP contribution in [0.15, 0.2) is 78.4 Å². The molecule has 1 fully saturated rings. The van der Waals surface area contributed by atoms with Crippen molar-refractivity contribution in [1.29, 1.82) is 0 Å². The molecule has 0 radical (unpaired) electrons. The third-order valence-corrected chi connectivity index (χ3v) is 5.71. The number of halogens is 1. The highest BCUT2D eigenvalue weighted by Crippen LogP contribution is 2.44. The average Bonchev–Trinajstić information content (AvgIpc) is 3.09. The van der Waals surface area contributed by atoms with Gasteiger partial charge in [-0.3, -0.25) is 29.4 Å². The predicted molar refractivity (Wildman–Crippen MR) is 130 cm³/mol. The summed E-state index contributed by atoms with van der Waals surface area (Å²) in [6.07, 6.45) is 0. The van der Waals surface area contributed by atoms with Crippen LogP contribution in [0.3, 0.4) is 0 Å². The van der Waals surface area contributed by atoms with Gasteiger partial charge in [-0.2, -0.15) is 0 Å². The fourth-order valence-corrected chi connectivity index (χ4v) is 4.08. The minimum atomic E-state index is -1.28. The Hall–Kier alpha value is -4.50. The van der Waals surface area contributed by atoms with E-state index in [1.807, 2.05) is 0 Å². The molecule has 0 aliphatic carbocycles. The Labute approximate surface area is 204 Å². The van der Waals surface area contributed by atoms with E-state index >= 15 is 0 Å². The molecule has 0 aromatic heterocycles. The molecular weight excluding hydrogens is 474 g/mol. The normalized spacial score (nSPS) is 16.9. The molecule has 4 rings (SSSR count). The van der Waals surface area contributed by atoms with Crippen LogP contribution in [0.25, 0.3) is 5.76 Å². The number of Topliss-reactive ketones (excluding diaryl/α,β-unsaturated/α-hetero) is 1. The summed E-state index contributed by atoms with van der Waals surface area (Å²) in [6.45, 7) is 1.34. The van der Waals surface area contributed by atoms with Gasteiger partial charge in [0.25, 0.3) is 17.4 Å². The molecule has 1 saturated heterocycles. The van der Waals surface area contributed by atoms with Gasteiger partial charge in [-0.15, -0.1) is 0 Å². The van der Waals surface area contributed by atoms with E-state index in [4.69, 9.17) is 11.6 Å². The fourth-order valence-electron chi connectivity index (χ4n) is 3.95. The van der Waals surface area contributed by atoms with E-state index in [0.29, 0.717) is 10.7 Å². The van der Waals surface area contributed by atoms with E-state index in [1.54, 1.807) is 6.07 Å².